The third-order valence-corrected chi connectivity index (χ3v) is 1.88. The molecule has 2 N–H and O–H groups in total. The minimum absolute atomic E-state index is 0.0481. The molecule has 0 aliphatic heterocycles. The Balaban J connectivity index is 0.000000461. The van der Waals surface area contributed by atoms with Gasteiger partial charge in [0, 0.05) is 5.39 Å². The summed E-state index contributed by atoms with van der Waals surface area (Å²) in [6.07, 6.45) is 0. The van der Waals surface area contributed by atoms with E-state index < -0.39 is 0 Å². The zero-order chi connectivity index (χ0) is 10.6. The van der Waals surface area contributed by atoms with Gasteiger partial charge in [-0.3, -0.25) is 0 Å². The molecule has 2 heteroatoms. The number of rotatable bonds is 0. The minimum Gasteiger partial charge on any atom is -0.504 e. The summed E-state index contributed by atoms with van der Waals surface area (Å²) >= 11 is 0. The lowest BCUT2D eigenvalue weighted by molar-refractivity contribution is 0.408. The number of phenols is 2. The number of aromatic hydroxyl groups is 2. The van der Waals surface area contributed by atoms with Crippen LogP contribution in [0.15, 0.2) is 49.6 Å². The topological polar surface area (TPSA) is 40.5 Å². The predicted molar refractivity (Wildman–Crippen MR) is 58.5 cm³/mol. The second kappa shape index (κ2) is 4.33. The van der Waals surface area contributed by atoms with Crippen LogP contribution in [0.5, 0.6) is 11.5 Å². The van der Waals surface area contributed by atoms with Crippen LogP contribution in [0, 0.1) is 0 Å². The van der Waals surface area contributed by atoms with Crippen LogP contribution in [0.2, 0.25) is 0 Å². The Morgan fingerprint density at radius 1 is 0.857 bits per heavy atom. The van der Waals surface area contributed by atoms with Gasteiger partial charge in [0.15, 0.2) is 11.5 Å². The molecule has 2 nitrogen and oxygen atoms in total. The highest BCUT2D eigenvalue weighted by Gasteiger charge is 2.02. The summed E-state index contributed by atoms with van der Waals surface area (Å²) in [6, 6.07) is 10.6. The lowest BCUT2D eigenvalue weighted by Gasteiger charge is -2.01. The van der Waals surface area contributed by atoms with Gasteiger partial charge in [-0.2, -0.15) is 0 Å². The van der Waals surface area contributed by atoms with Gasteiger partial charge in [-0.05, 0) is 11.5 Å². The minimum atomic E-state index is -0.0753. The highest BCUT2D eigenvalue weighted by molar-refractivity contribution is 5.90. The molecule has 2 aromatic rings. The van der Waals surface area contributed by atoms with Crippen molar-refractivity contribution < 1.29 is 10.2 Å². The van der Waals surface area contributed by atoms with Crippen molar-refractivity contribution in [3.8, 4) is 11.5 Å². The first-order valence-corrected chi connectivity index (χ1v) is 4.19. The van der Waals surface area contributed by atoms with Crippen molar-refractivity contribution in [1.82, 2.24) is 0 Å². The maximum atomic E-state index is 9.41. The van der Waals surface area contributed by atoms with Crippen LogP contribution in [0.1, 0.15) is 0 Å². The number of hydrogen-bond donors (Lipinski definition) is 2. The molecule has 0 amide bonds. The molecule has 0 heterocycles. The van der Waals surface area contributed by atoms with Crippen molar-refractivity contribution in [2.45, 2.75) is 0 Å². The zero-order valence-electron chi connectivity index (χ0n) is 7.77. The highest BCUT2D eigenvalue weighted by atomic mass is 16.3. The fourth-order valence-corrected chi connectivity index (χ4v) is 1.24. The monoisotopic (exact) mass is 188 g/mol. The van der Waals surface area contributed by atoms with E-state index in [0.717, 1.165) is 5.39 Å². The van der Waals surface area contributed by atoms with Gasteiger partial charge < -0.3 is 10.2 Å². The van der Waals surface area contributed by atoms with Crippen LogP contribution in [0.3, 0.4) is 0 Å². The molecule has 0 unspecified atom stereocenters. The quantitative estimate of drug-likeness (QED) is 0.492. The molecule has 0 atom stereocenters. The molecule has 0 fully saturated rings. The molecule has 0 aliphatic rings. The van der Waals surface area contributed by atoms with E-state index in [2.05, 4.69) is 13.2 Å². The zero-order valence-corrected chi connectivity index (χ0v) is 7.77. The van der Waals surface area contributed by atoms with Crippen molar-refractivity contribution in [2.75, 3.05) is 0 Å². The van der Waals surface area contributed by atoms with E-state index >= 15 is 0 Å². The largest absolute Gasteiger partial charge is 0.504 e. The van der Waals surface area contributed by atoms with E-state index in [-0.39, 0.29) is 11.5 Å². The fraction of sp³-hybridized carbons (Fsp3) is 0. The Bertz CT molecular complexity index is 435. The van der Waals surface area contributed by atoms with Crippen molar-refractivity contribution in [3.63, 3.8) is 0 Å². The molecular weight excluding hydrogens is 176 g/mol. The van der Waals surface area contributed by atoms with Gasteiger partial charge in [0.2, 0.25) is 0 Å². The van der Waals surface area contributed by atoms with E-state index in [9.17, 15) is 5.11 Å². The summed E-state index contributed by atoms with van der Waals surface area (Å²) in [5.41, 5.74) is 0. The van der Waals surface area contributed by atoms with Crippen molar-refractivity contribution >= 4 is 10.8 Å². The summed E-state index contributed by atoms with van der Waals surface area (Å²) in [4.78, 5) is 0. The molecule has 0 saturated heterocycles. The highest BCUT2D eigenvalue weighted by Crippen LogP contribution is 2.32. The number of phenolic OH excluding ortho intramolecular Hbond substituents is 2. The van der Waals surface area contributed by atoms with Crippen LogP contribution < -0.4 is 0 Å². The molecular formula is C12H12O2. The number of fused-ring (bicyclic) bond motifs is 1. The van der Waals surface area contributed by atoms with E-state index in [0.29, 0.717) is 5.39 Å². The van der Waals surface area contributed by atoms with Gasteiger partial charge in [-0.15, -0.1) is 13.2 Å². The fourth-order valence-electron chi connectivity index (χ4n) is 1.24. The molecule has 0 spiro atoms. The molecule has 0 bridgehead atoms. The Labute approximate surface area is 82.7 Å². The van der Waals surface area contributed by atoms with Gasteiger partial charge in [0.05, 0.1) is 0 Å². The molecule has 0 aromatic heterocycles. The Morgan fingerprint density at radius 3 is 2.21 bits per heavy atom. The Kier molecular flexibility index (Phi) is 3.13. The lowest BCUT2D eigenvalue weighted by atomic mass is 10.1. The maximum absolute atomic E-state index is 9.41. The van der Waals surface area contributed by atoms with Crippen LogP contribution in [-0.2, 0) is 0 Å². The summed E-state index contributed by atoms with van der Waals surface area (Å²) < 4.78 is 0. The maximum Gasteiger partial charge on any atom is 0.165 e. The van der Waals surface area contributed by atoms with Crippen molar-refractivity contribution in [2.24, 2.45) is 0 Å². The SMILES string of the molecule is C=C.Oc1ccc2ccccc2c1O. The van der Waals surface area contributed by atoms with Crippen molar-refractivity contribution in [3.05, 3.63) is 49.6 Å². The van der Waals surface area contributed by atoms with Crippen LogP contribution in [0.25, 0.3) is 10.8 Å². The van der Waals surface area contributed by atoms with Crippen LogP contribution in [0.4, 0.5) is 0 Å². The second-order valence-corrected chi connectivity index (χ2v) is 2.65. The van der Waals surface area contributed by atoms with Crippen LogP contribution in [-0.4, -0.2) is 10.2 Å². The first-order valence-electron chi connectivity index (χ1n) is 4.19. The van der Waals surface area contributed by atoms with E-state index in [1.807, 2.05) is 18.2 Å². The summed E-state index contributed by atoms with van der Waals surface area (Å²) in [7, 11) is 0. The van der Waals surface area contributed by atoms with Crippen LogP contribution >= 0.6 is 0 Å². The standard InChI is InChI=1S/C10H8O2.C2H4/c11-9-6-5-7-3-1-2-4-8(7)10(9)12;1-2/h1-6,11-12H;1-2H2. The average molecular weight is 188 g/mol. The Morgan fingerprint density at radius 2 is 1.50 bits per heavy atom. The summed E-state index contributed by atoms with van der Waals surface area (Å²) in [6.45, 7) is 6.00. The molecule has 0 radical (unpaired) electrons. The third kappa shape index (κ3) is 1.69. The van der Waals surface area contributed by atoms with Gasteiger partial charge in [0.1, 0.15) is 0 Å². The molecule has 2 rings (SSSR count). The van der Waals surface area contributed by atoms with E-state index in [1.54, 1.807) is 12.1 Å². The molecule has 14 heavy (non-hydrogen) atoms. The van der Waals surface area contributed by atoms with Gasteiger partial charge in [-0.1, -0.05) is 30.3 Å². The van der Waals surface area contributed by atoms with Gasteiger partial charge in [-0.25, -0.2) is 0 Å². The molecule has 0 aliphatic carbocycles. The average Bonchev–Trinajstić information content (AvgIpc) is 2.27. The lowest BCUT2D eigenvalue weighted by Crippen LogP contribution is -1.73. The third-order valence-electron chi connectivity index (χ3n) is 1.88. The van der Waals surface area contributed by atoms with E-state index in [1.165, 1.54) is 6.07 Å². The predicted octanol–water partition coefficient (Wildman–Crippen LogP) is 3.05. The summed E-state index contributed by atoms with van der Waals surface area (Å²) in [5.74, 6) is -0.123. The molecule has 72 valence electrons. The molecule has 2 aromatic carbocycles. The van der Waals surface area contributed by atoms with Gasteiger partial charge in [0.25, 0.3) is 0 Å². The summed E-state index contributed by atoms with van der Waals surface area (Å²) in [5, 5.41) is 20.2. The normalized spacial score (nSPS) is 9.14. The van der Waals surface area contributed by atoms with Gasteiger partial charge >= 0.3 is 0 Å². The first-order chi connectivity index (χ1) is 6.79. The number of hydrogen-bond acceptors (Lipinski definition) is 2. The molecule has 0 saturated carbocycles. The smallest absolute Gasteiger partial charge is 0.165 e. The number of benzene rings is 2. The first kappa shape index (κ1) is 10.1. The second-order valence-electron chi connectivity index (χ2n) is 2.65. The Hall–Kier alpha value is -1.96. The van der Waals surface area contributed by atoms with Crippen molar-refractivity contribution in [1.29, 1.82) is 0 Å². The van der Waals surface area contributed by atoms with E-state index in [4.69, 9.17) is 5.11 Å².